The molecule has 1 saturated heterocycles. The predicted octanol–water partition coefficient (Wildman–Crippen LogP) is 4.41. The lowest BCUT2D eigenvalue weighted by atomic mass is 9.62. The highest BCUT2D eigenvalue weighted by molar-refractivity contribution is 5.44. The number of likely N-dealkylation sites (N-methyl/N-ethyl adjacent to an activating group) is 1. The lowest BCUT2D eigenvalue weighted by Gasteiger charge is -2.43. The van der Waals surface area contributed by atoms with Crippen LogP contribution >= 0.6 is 0 Å². The number of likely N-dealkylation sites (tertiary alicyclic amines) is 1. The first kappa shape index (κ1) is 15.3. The maximum Gasteiger partial charge on any atom is 0.573 e. The normalized spacial score (nSPS) is 38.8. The number of aryl methyl sites for hydroxylation is 1. The lowest BCUT2D eigenvalue weighted by Crippen LogP contribution is -2.40. The molecule has 2 unspecified atom stereocenters. The third kappa shape index (κ3) is 2.35. The molecule has 3 fully saturated rings. The Balaban J connectivity index is 1.72. The smallest absolute Gasteiger partial charge is 0.406 e. The topological polar surface area (TPSA) is 12.2 Å². The summed E-state index contributed by atoms with van der Waals surface area (Å²) in [5.41, 5.74) is 2.23. The Kier molecular flexibility index (Phi) is 3.25. The van der Waals surface area contributed by atoms with E-state index in [2.05, 4.69) is 16.7 Å². The van der Waals surface area contributed by atoms with E-state index in [0.717, 1.165) is 24.0 Å². The maximum atomic E-state index is 12.6. The summed E-state index contributed by atoms with van der Waals surface area (Å²) < 4.78 is 41.9. The van der Waals surface area contributed by atoms with E-state index in [1.807, 2.05) is 6.92 Å². The molecule has 23 heavy (non-hydrogen) atoms. The van der Waals surface area contributed by atoms with Gasteiger partial charge in [0.1, 0.15) is 5.75 Å². The van der Waals surface area contributed by atoms with Crippen LogP contribution in [0.15, 0.2) is 18.2 Å². The number of fused-ring (bicyclic) bond motifs is 3. The zero-order valence-electron chi connectivity index (χ0n) is 13.5. The average Bonchev–Trinajstić information content (AvgIpc) is 2.95. The van der Waals surface area contributed by atoms with Crippen molar-refractivity contribution in [2.75, 3.05) is 7.05 Å². The molecule has 5 atom stereocenters. The fourth-order valence-corrected chi connectivity index (χ4v) is 5.42. The van der Waals surface area contributed by atoms with Crippen LogP contribution in [0.1, 0.15) is 43.2 Å². The molecule has 2 nitrogen and oxygen atoms in total. The molecule has 1 heterocycles. The van der Waals surface area contributed by atoms with Gasteiger partial charge in [0.2, 0.25) is 0 Å². The molecule has 0 radical (unpaired) electrons. The van der Waals surface area contributed by atoms with Gasteiger partial charge in [-0.1, -0.05) is 18.9 Å². The Morgan fingerprint density at radius 2 is 2.04 bits per heavy atom. The van der Waals surface area contributed by atoms with Gasteiger partial charge in [-0.15, -0.1) is 13.2 Å². The van der Waals surface area contributed by atoms with Gasteiger partial charge in [0, 0.05) is 17.5 Å². The van der Waals surface area contributed by atoms with Crippen molar-refractivity contribution in [1.29, 1.82) is 0 Å². The summed E-state index contributed by atoms with van der Waals surface area (Å²) >= 11 is 0. The van der Waals surface area contributed by atoms with Crippen molar-refractivity contribution in [2.24, 2.45) is 5.92 Å². The first-order valence-electron chi connectivity index (χ1n) is 8.41. The summed E-state index contributed by atoms with van der Waals surface area (Å²) in [7, 11) is 2.17. The van der Waals surface area contributed by atoms with Crippen LogP contribution in [-0.2, 0) is 5.41 Å². The minimum Gasteiger partial charge on any atom is -0.406 e. The van der Waals surface area contributed by atoms with Crippen molar-refractivity contribution in [1.82, 2.24) is 4.90 Å². The van der Waals surface area contributed by atoms with Crippen LogP contribution in [0.2, 0.25) is 0 Å². The summed E-state index contributed by atoms with van der Waals surface area (Å²) in [6.07, 6.45) is 1.14. The van der Waals surface area contributed by atoms with Gasteiger partial charge in [0.25, 0.3) is 0 Å². The Labute approximate surface area is 134 Å². The second-order valence-corrected chi connectivity index (χ2v) is 7.46. The van der Waals surface area contributed by atoms with Crippen molar-refractivity contribution in [3.05, 3.63) is 29.3 Å². The summed E-state index contributed by atoms with van der Waals surface area (Å²) in [6, 6.07) is 6.12. The van der Waals surface area contributed by atoms with E-state index in [1.54, 1.807) is 12.1 Å². The van der Waals surface area contributed by atoms with Crippen molar-refractivity contribution in [2.45, 2.75) is 62.9 Å². The zero-order chi connectivity index (χ0) is 16.4. The second-order valence-electron chi connectivity index (χ2n) is 7.46. The first-order chi connectivity index (χ1) is 10.8. The molecule has 1 aliphatic heterocycles. The van der Waals surface area contributed by atoms with Gasteiger partial charge in [-0.3, -0.25) is 4.90 Å². The monoisotopic (exact) mass is 325 g/mol. The number of hydrogen-bond donors (Lipinski definition) is 0. The van der Waals surface area contributed by atoms with Crippen molar-refractivity contribution in [3.8, 4) is 5.75 Å². The fraction of sp³-hybridized carbons (Fsp3) is 0.667. The third-order valence-electron chi connectivity index (χ3n) is 6.36. The molecule has 0 spiro atoms. The van der Waals surface area contributed by atoms with Gasteiger partial charge in [-0.05, 0) is 62.4 Å². The Hall–Kier alpha value is -1.23. The SMILES string of the molecule is Cc1ccc(OC(F)(F)F)cc1[C@]12CCCC[C@@H]1[C@@H]1C(C2)N1C. The standard InChI is InChI=1S/C18H22F3NO/c1-11-6-7-12(23-18(19,20)21)9-14(11)17-8-4-3-5-13(17)16-15(10-17)22(16)2/h6-7,9,13,15-16H,3-5,8,10H2,1-2H3/t13-,15?,16-,17+,22?/m1/s1. The number of ether oxygens (including phenoxy) is 1. The van der Waals surface area contributed by atoms with E-state index in [0.29, 0.717) is 18.0 Å². The van der Waals surface area contributed by atoms with E-state index in [4.69, 9.17) is 0 Å². The van der Waals surface area contributed by atoms with Crippen molar-refractivity contribution >= 4 is 0 Å². The molecule has 0 bridgehead atoms. The maximum absolute atomic E-state index is 12.6. The number of rotatable bonds is 2. The lowest BCUT2D eigenvalue weighted by molar-refractivity contribution is -0.274. The van der Waals surface area contributed by atoms with Gasteiger partial charge in [-0.25, -0.2) is 0 Å². The van der Waals surface area contributed by atoms with Crippen LogP contribution < -0.4 is 4.74 Å². The molecule has 2 saturated carbocycles. The molecule has 126 valence electrons. The molecule has 4 rings (SSSR count). The summed E-state index contributed by atoms with van der Waals surface area (Å²) in [6.45, 7) is 2.01. The second kappa shape index (κ2) is 4.88. The number of benzene rings is 1. The Morgan fingerprint density at radius 3 is 2.78 bits per heavy atom. The van der Waals surface area contributed by atoms with E-state index in [-0.39, 0.29) is 11.2 Å². The zero-order valence-corrected chi connectivity index (χ0v) is 13.5. The molecular weight excluding hydrogens is 303 g/mol. The van der Waals surface area contributed by atoms with Gasteiger partial charge < -0.3 is 4.74 Å². The number of nitrogens with zero attached hydrogens (tertiary/aromatic N) is 1. The van der Waals surface area contributed by atoms with E-state index in [1.165, 1.54) is 25.3 Å². The molecular formula is C18H22F3NO. The number of piperidine rings is 1. The summed E-state index contributed by atoms with van der Waals surface area (Å²) in [5, 5.41) is 0. The quantitative estimate of drug-likeness (QED) is 0.747. The molecule has 0 amide bonds. The van der Waals surface area contributed by atoms with E-state index >= 15 is 0 Å². The molecule has 1 aromatic carbocycles. The van der Waals surface area contributed by atoms with Crippen LogP contribution in [0.4, 0.5) is 13.2 Å². The predicted molar refractivity (Wildman–Crippen MR) is 81.5 cm³/mol. The molecule has 5 heteroatoms. The average molecular weight is 325 g/mol. The fourth-order valence-electron chi connectivity index (χ4n) is 5.42. The number of halogens is 3. The molecule has 1 aromatic rings. The van der Waals surface area contributed by atoms with E-state index in [9.17, 15) is 13.2 Å². The van der Waals surface area contributed by atoms with Gasteiger partial charge in [0.05, 0.1) is 0 Å². The van der Waals surface area contributed by atoms with Gasteiger partial charge in [-0.2, -0.15) is 0 Å². The van der Waals surface area contributed by atoms with Crippen LogP contribution in [0.5, 0.6) is 5.75 Å². The van der Waals surface area contributed by atoms with Crippen LogP contribution in [0.3, 0.4) is 0 Å². The molecule has 2 aliphatic carbocycles. The summed E-state index contributed by atoms with van der Waals surface area (Å²) in [5.74, 6) is 0.497. The van der Waals surface area contributed by atoms with Crippen molar-refractivity contribution < 1.29 is 17.9 Å². The van der Waals surface area contributed by atoms with Crippen LogP contribution in [0.25, 0.3) is 0 Å². The number of hydrogen-bond acceptors (Lipinski definition) is 2. The third-order valence-corrected chi connectivity index (χ3v) is 6.36. The van der Waals surface area contributed by atoms with Gasteiger partial charge >= 0.3 is 6.36 Å². The molecule has 0 N–H and O–H groups in total. The molecule has 3 aliphatic rings. The van der Waals surface area contributed by atoms with Gasteiger partial charge in [0.15, 0.2) is 0 Å². The minimum atomic E-state index is -4.63. The first-order valence-corrected chi connectivity index (χ1v) is 8.41. The Morgan fingerprint density at radius 1 is 1.26 bits per heavy atom. The largest absolute Gasteiger partial charge is 0.573 e. The van der Waals surface area contributed by atoms with Crippen molar-refractivity contribution in [3.63, 3.8) is 0 Å². The highest BCUT2D eigenvalue weighted by Crippen LogP contribution is 2.62. The van der Waals surface area contributed by atoms with Crippen LogP contribution in [0, 0.1) is 12.8 Å². The van der Waals surface area contributed by atoms with E-state index < -0.39 is 6.36 Å². The summed E-state index contributed by atoms with van der Waals surface area (Å²) in [4.78, 5) is 2.43. The highest BCUT2D eigenvalue weighted by Gasteiger charge is 2.65. The minimum absolute atomic E-state index is 0.0507. The Bertz CT molecular complexity index is 629. The van der Waals surface area contributed by atoms with Crippen LogP contribution in [-0.4, -0.2) is 30.4 Å². The highest BCUT2D eigenvalue weighted by atomic mass is 19.4. The number of alkyl halides is 3. The molecule has 0 aromatic heterocycles.